The van der Waals surface area contributed by atoms with E-state index in [1.54, 1.807) is 15.3 Å². The van der Waals surface area contributed by atoms with Gasteiger partial charge in [-0.15, -0.1) is 0 Å². The average Bonchev–Trinajstić information content (AvgIpc) is 2.94. The number of pyridine rings is 1. The van der Waals surface area contributed by atoms with E-state index >= 15 is 0 Å². The maximum atomic E-state index is 12.6. The van der Waals surface area contributed by atoms with Crippen LogP contribution in [-0.4, -0.2) is 20.5 Å². The highest BCUT2D eigenvalue weighted by Gasteiger charge is 2.11. The first-order valence-electron chi connectivity index (χ1n) is 8.35. The van der Waals surface area contributed by atoms with E-state index in [1.165, 1.54) is 0 Å². The molecule has 0 atom stereocenters. The monoisotopic (exact) mass is 337 g/mol. The highest BCUT2D eigenvalue weighted by Crippen LogP contribution is 2.25. The van der Waals surface area contributed by atoms with Crippen molar-refractivity contribution >= 4 is 0 Å². The summed E-state index contributed by atoms with van der Waals surface area (Å²) >= 11 is 0. The fourth-order valence-electron chi connectivity index (χ4n) is 2.92. The third kappa shape index (κ3) is 3.50. The van der Waals surface area contributed by atoms with Gasteiger partial charge in [-0.05, 0) is 57.0 Å². The standard InChI is InChI=1S/C20H23N3O2/c1-13(2)25-17-6-7-19(15(4)8-17)23-12-18(14(3)9-20(23)24)16-10-21-22(5)11-16/h6-13H,1-5H3. The Morgan fingerprint density at radius 2 is 1.84 bits per heavy atom. The molecule has 2 heterocycles. The molecule has 0 saturated heterocycles. The van der Waals surface area contributed by atoms with Crippen molar-refractivity contribution in [2.75, 3.05) is 0 Å². The van der Waals surface area contributed by atoms with Gasteiger partial charge >= 0.3 is 0 Å². The quantitative estimate of drug-likeness (QED) is 0.730. The topological polar surface area (TPSA) is 49.1 Å². The molecule has 0 N–H and O–H groups in total. The second-order valence-electron chi connectivity index (χ2n) is 6.60. The largest absolute Gasteiger partial charge is 0.491 e. The van der Waals surface area contributed by atoms with Crippen molar-refractivity contribution in [1.82, 2.24) is 14.3 Å². The van der Waals surface area contributed by atoms with Gasteiger partial charge in [0.2, 0.25) is 0 Å². The van der Waals surface area contributed by atoms with Crippen molar-refractivity contribution in [3.05, 3.63) is 64.3 Å². The summed E-state index contributed by atoms with van der Waals surface area (Å²) in [6.45, 7) is 7.92. The van der Waals surface area contributed by atoms with Crippen LogP contribution in [0, 0.1) is 13.8 Å². The van der Waals surface area contributed by atoms with Crippen molar-refractivity contribution in [2.45, 2.75) is 33.8 Å². The highest BCUT2D eigenvalue weighted by molar-refractivity contribution is 5.65. The Morgan fingerprint density at radius 3 is 2.44 bits per heavy atom. The molecule has 1 aromatic carbocycles. The Kier molecular flexibility index (Phi) is 4.49. The number of ether oxygens (including phenoxy) is 1. The predicted molar refractivity (Wildman–Crippen MR) is 99.5 cm³/mol. The molecule has 25 heavy (non-hydrogen) atoms. The van der Waals surface area contributed by atoms with Crippen molar-refractivity contribution in [3.63, 3.8) is 0 Å². The summed E-state index contributed by atoms with van der Waals surface area (Å²) in [5.41, 5.74) is 4.71. The van der Waals surface area contributed by atoms with Crippen LogP contribution in [0.1, 0.15) is 25.0 Å². The lowest BCUT2D eigenvalue weighted by Crippen LogP contribution is -2.18. The molecule has 0 aliphatic carbocycles. The number of nitrogens with zero attached hydrogens (tertiary/aromatic N) is 3. The summed E-state index contributed by atoms with van der Waals surface area (Å²) in [6.07, 6.45) is 5.76. The molecule has 0 unspecified atom stereocenters. The molecule has 130 valence electrons. The van der Waals surface area contributed by atoms with E-state index in [1.807, 2.05) is 71.5 Å². The number of aryl methyl sites for hydroxylation is 3. The van der Waals surface area contributed by atoms with Gasteiger partial charge in [0, 0.05) is 36.6 Å². The van der Waals surface area contributed by atoms with Crippen LogP contribution >= 0.6 is 0 Å². The lowest BCUT2D eigenvalue weighted by atomic mass is 10.1. The Labute approximate surface area is 147 Å². The summed E-state index contributed by atoms with van der Waals surface area (Å²) < 4.78 is 9.17. The van der Waals surface area contributed by atoms with E-state index in [2.05, 4.69) is 5.10 Å². The molecular weight excluding hydrogens is 314 g/mol. The molecule has 0 aliphatic rings. The second-order valence-corrected chi connectivity index (χ2v) is 6.60. The smallest absolute Gasteiger partial charge is 0.255 e. The normalized spacial score (nSPS) is 11.1. The Hall–Kier alpha value is -2.82. The van der Waals surface area contributed by atoms with Gasteiger partial charge in [0.25, 0.3) is 5.56 Å². The van der Waals surface area contributed by atoms with Crippen molar-refractivity contribution in [2.24, 2.45) is 7.05 Å². The SMILES string of the molecule is Cc1cc(=O)n(-c2ccc(OC(C)C)cc2C)cc1-c1cnn(C)c1. The number of hydrogen-bond donors (Lipinski definition) is 0. The van der Waals surface area contributed by atoms with E-state index in [-0.39, 0.29) is 11.7 Å². The molecule has 2 aromatic heterocycles. The summed E-state index contributed by atoms with van der Waals surface area (Å²) in [7, 11) is 1.88. The summed E-state index contributed by atoms with van der Waals surface area (Å²) in [5.74, 6) is 0.809. The predicted octanol–water partition coefficient (Wildman–Crippen LogP) is 3.64. The van der Waals surface area contributed by atoms with Crippen LogP contribution < -0.4 is 10.3 Å². The van der Waals surface area contributed by atoms with Gasteiger partial charge in [0.1, 0.15) is 5.75 Å². The molecule has 0 aliphatic heterocycles. The first-order valence-corrected chi connectivity index (χ1v) is 8.35. The minimum atomic E-state index is -0.0502. The van der Waals surface area contributed by atoms with Crippen molar-refractivity contribution in [1.29, 1.82) is 0 Å². The molecular formula is C20H23N3O2. The minimum absolute atomic E-state index is 0.0502. The minimum Gasteiger partial charge on any atom is -0.491 e. The molecule has 0 radical (unpaired) electrons. The van der Waals surface area contributed by atoms with Gasteiger partial charge in [0.05, 0.1) is 18.0 Å². The van der Waals surface area contributed by atoms with Crippen LogP contribution in [0.3, 0.4) is 0 Å². The third-order valence-electron chi connectivity index (χ3n) is 4.08. The van der Waals surface area contributed by atoms with Gasteiger partial charge in [-0.2, -0.15) is 5.10 Å². The fraction of sp³-hybridized carbons (Fsp3) is 0.300. The lowest BCUT2D eigenvalue weighted by molar-refractivity contribution is 0.242. The van der Waals surface area contributed by atoms with E-state index in [0.29, 0.717) is 0 Å². The average molecular weight is 337 g/mol. The first kappa shape index (κ1) is 17.0. The van der Waals surface area contributed by atoms with Gasteiger partial charge < -0.3 is 4.74 Å². The van der Waals surface area contributed by atoms with E-state index in [0.717, 1.165) is 33.7 Å². The zero-order valence-corrected chi connectivity index (χ0v) is 15.3. The fourth-order valence-corrected chi connectivity index (χ4v) is 2.92. The van der Waals surface area contributed by atoms with Gasteiger partial charge in [-0.3, -0.25) is 14.0 Å². The van der Waals surface area contributed by atoms with Crippen LogP contribution in [0.25, 0.3) is 16.8 Å². The van der Waals surface area contributed by atoms with Gasteiger partial charge in [-0.25, -0.2) is 0 Å². The molecule has 5 nitrogen and oxygen atoms in total. The first-order chi connectivity index (χ1) is 11.8. The number of rotatable bonds is 4. The Bertz CT molecular complexity index is 967. The van der Waals surface area contributed by atoms with Crippen LogP contribution in [0.4, 0.5) is 0 Å². The van der Waals surface area contributed by atoms with E-state index < -0.39 is 0 Å². The van der Waals surface area contributed by atoms with Crippen LogP contribution in [0.5, 0.6) is 5.75 Å². The molecule has 0 amide bonds. The zero-order chi connectivity index (χ0) is 18.1. The number of hydrogen-bond acceptors (Lipinski definition) is 3. The second kappa shape index (κ2) is 6.59. The molecule has 3 rings (SSSR count). The van der Waals surface area contributed by atoms with E-state index in [4.69, 9.17) is 4.74 Å². The van der Waals surface area contributed by atoms with Crippen LogP contribution in [0.15, 0.2) is 47.7 Å². The van der Waals surface area contributed by atoms with Crippen LogP contribution in [-0.2, 0) is 7.05 Å². The maximum absolute atomic E-state index is 12.6. The molecule has 0 spiro atoms. The summed E-state index contributed by atoms with van der Waals surface area (Å²) in [6, 6.07) is 7.46. The van der Waals surface area contributed by atoms with E-state index in [9.17, 15) is 4.79 Å². The lowest BCUT2D eigenvalue weighted by Gasteiger charge is -2.15. The Balaban J connectivity index is 2.10. The molecule has 0 bridgehead atoms. The molecule has 0 saturated carbocycles. The van der Waals surface area contributed by atoms with Crippen molar-refractivity contribution in [3.8, 4) is 22.6 Å². The van der Waals surface area contributed by atoms with Gasteiger partial charge in [-0.1, -0.05) is 0 Å². The zero-order valence-electron chi connectivity index (χ0n) is 15.3. The third-order valence-corrected chi connectivity index (χ3v) is 4.08. The summed E-state index contributed by atoms with van der Waals surface area (Å²) in [4.78, 5) is 12.6. The Morgan fingerprint density at radius 1 is 1.08 bits per heavy atom. The molecule has 0 fully saturated rings. The number of benzene rings is 1. The molecule has 3 aromatic rings. The van der Waals surface area contributed by atoms with Crippen molar-refractivity contribution < 1.29 is 4.74 Å². The highest BCUT2D eigenvalue weighted by atomic mass is 16.5. The molecule has 5 heteroatoms. The van der Waals surface area contributed by atoms with Crippen LogP contribution in [0.2, 0.25) is 0 Å². The summed E-state index contributed by atoms with van der Waals surface area (Å²) in [5, 5.41) is 4.23. The number of aromatic nitrogens is 3. The van der Waals surface area contributed by atoms with Gasteiger partial charge in [0.15, 0.2) is 0 Å². The maximum Gasteiger partial charge on any atom is 0.255 e.